The van der Waals surface area contributed by atoms with E-state index in [2.05, 4.69) is 22.0 Å². The van der Waals surface area contributed by atoms with Crippen LogP contribution in [0.5, 0.6) is 0 Å². The standard InChI is InChI=1S/C20H23N3O2/c1-22(16-18-4-2-3-11-21-18)20(24)10-7-17-5-8-19(9-6-17)23-12-14-25-15-13-23/h2-11H,12-16H2,1H3/b10-7+. The summed E-state index contributed by atoms with van der Waals surface area (Å²) in [6.45, 7) is 3.90. The maximum atomic E-state index is 12.2. The minimum Gasteiger partial charge on any atom is -0.378 e. The Morgan fingerprint density at radius 3 is 2.64 bits per heavy atom. The number of hydrogen-bond donors (Lipinski definition) is 0. The lowest BCUT2D eigenvalue weighted by Crippen LogP contribution is -2.36. The van der Waals surface area contributed by atoms with E-state index in [1.807, 2.05) is 36.4 Å². The number of morpholine rings is 1. The zero-order valence-electron chi connectivity index (χ0n) is 14.5. The smallest absolute Gasteiger partial charge is 0.246 e. The molecule has 0 unspecified atom stereocenters. The summed E-state index contributed by atoms with van der Waals surface area (Å²) in [6.07, 6.45) is 5.19. The van der Waals surface area contributed by atoms with Crippen molar-refractivity contribution in [3.63, 3.8) is 0 Å². The third kappa shape index (κ3) is 4.90. The Morgan fingerprint density at radius 1 is 1.20 bits per heavy atom. The number of rotatable bonds is 5. The number of hydrogen-bond acceptors (Lipinski definition) is 4. The Labute approximate surface area is 148 Å². The highest BCUT2D eigenvalue weighted by Crippen LogP contribution is 2.17. The van der Waals surface area contributed by atoms with Crippen molar-refractivity contribution >= 4 is 17.7 Å². The predicted octanol–water partition coefficient (Wildman–Crippen LogP) is 2.59. The number of pyridine rings is 1. The Hall–Kier alpha value is -2.66. The summed E-state index contributed by atoms with van der Waals surface area (Å²) in [5.74, 6) is -0.0390. The van der Waals surface area contributed by atoms with Gasteiger partial charge in [0.05, 0.1) is 25.5 Å². The molecule has 1 aromatic heterocycles. The minimum absolute atomic E-state index is 0.0390. The van der Waals surface area contributed by atoms with Gasteiger partial charge < -0.3 is 14.5 Å². The van der Waals surface area contributed by atoms with Crippen LogP contribution in [0, 0.1) is 0 Å². The zero-order chi connectivity index (χ0) is 17.5. The van der Waals surface area contributed by atoms with Crippen LogP contribution >= 0.6 is 0 Å². The summed E-state index contributed by atoms with van der Waals surface area (Å²) >= 11 is 0. The molecule has 0 aliphatic carbocycles. The van der Waals surface area contributed by atoms with E-state index in [1.165, 1.54) is 5.69 Å². The summed E-state index contributed by atoms with van der Waals surface area (Å²) in [4.78, 5) is 20.4. The maximum Gasteiger partial charge on any atom is 0.246 e. The lowest BCUT2D eigenvalue weighted by atomic mass is 10.1. The van der Waals surface area contributed by atoms with E-state index in [-0.39, 0.29) is 5.91 Å². The van der Waals surface area contributed by atoms with Crippen LogP contribution < -0.4 is 4.90 Å². The van der Waals surface area contributed by atoms with Crippen molar-refractivity contribution in [3.05, 3.63) is 66.0 Å². The first kappa shape index (κ1) is 17.2. The fourth-order valence-electron chi connectivity index (χ4n) is 2.73. The average Bonchev–Trinajstić information content (AvgIpc) is 2.68. The summed E-state index contributed by atoms with van der Waals surface area (Å²) in [5, 5.41) is 0. The molecule has 5 nitrogen and oxygen atoms in total. The second-order valence-corrected chi connectivity index (χ2v) is 6.04. The summed E-state index contributed by atoms with van der Waals surface area (Å²) in [5.41, 5.74) is 3.08. The SMILES string of the molecule is CN(Cc1ccccn1)C(=O)/C=C/c1ccc(N2CCOCC2)cc1. The number of aromatic nitrogens is 1. The second-order valence-electron chi connectivity index (χ2n) is 6.04. The molecule has 1 fully saturated rings. The fourth-order valence-corrected chi connectivity index (χ4v) is 2.73. The highest BCUT2D eigenvalue weighted by molar-refractivity contribution is 5.91. The molecule has 0 N–H and O–H groups in total. The van der Waals surface area contributed by atoms with Crippen molar-refractivity contribution in [1.29, 1.82) is 0 Å². The van der Waals surface area contributed by atoms with Crippen molar-refractivity contribution in [1.82, 2.24) is 9.88 Å². The summed E-state index contributed by atoms with van der Waals surface area (Å²) in [7, 11) is 1.78. The van der Waals surface area contributed by atoms with Gasteiger partial charge in [0.15, 0.2) is 0 Å². The van der Waals surface area contributed by atoms with Crippen LogP contribution in [0.2, 0.25) is 0 Å². The van der Waals surface area contributed by atoms with Crippen molar-refractivity contribution in [2.45, 2.75) is 6.54 Å². The van der Waals surface area contributed by atoms with Crippen molar-refractivity contribution in [2.75, 3.05) is 38.3 Å². The Balaban J connectivity index is 1.56. The van der Waals surface area contributed by atoms with Gasteiger partial charge in [-0.2, -0.15) is 0 Å². The van der Waals surface area contributed by atoms with Crippen molar-refractivity contribution in [3.8, 4) is 0 Å². The van der Waals surface area contributed by atoms with Crippen LogP contribution in [0.1, 0.15) is 11.3 Å². The maximum absolute atomic E-state index is 12.2. The molecule has 0 bridgehead atoms. The molecule has 0 atom stereocenters. The van der Waals surface area contributed by atoms with E-state index in [1.54, 1.807) is 24.2 Å². The largest absolute Gasteiger partial charge is 0.378 e. The van der Waals surface area contributed by atoms with E-state index in [0.29, 0.717) is 6.54 Å². The van der Waals surface area contributed by atoms with Crippen LogP contribution in [0.3, 0.4) is 0 Å². The molecule has 2 aromatic rings. The highest BCUT2D eigenvalue weighted by Gasteiger charge is 2.10. The minimum atomic E-state index is -0.0390. The first-order valence-electron chi connectivity index (χ1n) is 8.48. The number of anilines is 1. The molecule has 1 saturated heterocycles. The molecule has 1 aliphatic heterocycles. The van der Waals surface area contributed by atoms with E-state index in [9.17, 15) is 4.79 Å². The molecular formula is C20H23N3O2. The lowest BCUT2D eigenvalue weighted by Gasteiger charge is -2.28. The first-order valence-corrected chi connectivity index (χ1v) is 8.48. The molecule has 0 spiro atoms. The van der Waals surface area contributed by atoms with Gasteiger partial charge in [0.2, 0.25) is 5.91 Å². The van der Waals surface area contributed by atoms with Gasteiger partial charge in [-0.25, -0.2) is 0 Å². The molecule has 25 heavy (non-hydrogen) atoms. The first-order chi connectivity index (χ1) is 12.2. The van der Waals surface area contributed by atoms with E-state index in [4.69, 9.17) is 4.74 Å². The monoisotopic (exact) mass is 337 g/mol. The lowest BCUT2D eigenvalue weighted by molar-refractivity contribution is -0.125. The van der Waals surface area contributed by atoms with Crippen LogP contribution in [0.4, 0.5) is 5.69 Å². The number of ether oxygens (including phenoxy) is 1. The Morgan fingerprint density at radius 2 is 1.96 bits per heavy atom. The quantitative estimate of drug-likeness (QED) is 0.787. The van der Waals surface area contributed by atoms with Gasteiger partial charge in [-0.3, -0.25) is 9.78 Å². The molecule has 1 aliphatic rings. The topological polar surface area (TPSA) is 45.7 Å². The highest BCUT2D eigenvalue weighted by atomic mass is 16.5. The molecule has 130 valence electrons. The summed E-state index contributed by atoms with van der Waals surface area (Å²) < 4.78 is 5.38. The van der Waals surface area contributed by atoms with Crippen LogP contribution in [-0.4, -0.2) is 49.1 Å². The Bertz CT molecular complexity index is 707. The number of amides is 1. The molecule has 1 aromatic carbocycles. The van der Waals surface area contributed by atoms with Gasteiger partial charge in [-0.1, -0.05) is 18.2 Å². The van der Waals surface area contributed by atoms with Gasteiger partial charge in [-0.15, -0.1) is 0 Å². The van der Waals surface area contributed by atoms with Gasteiger partial charge in [-0.05, 0) is 35.9 Å². The van der Waals surface area contributed by atoms with E-state index >= 15 is 0 Å². The Kier molecular flexibility index (Phi) is 5.80. The van der Waals surface area contributed by atoms with Gasteiger partial charge in [0.25, 0.3) is 0 Å². The third-order valence-corrected chi connectivity index (χ3v) is 4.19. The van der Waals surface area contributed by atoms with Crippen molar-refractivity contribution in [2.24, 2.45) is 0 Å². The molecule has 3 rings (SSSR count). The molecule has 5 heteroatoms. The normalized spacial score (nSPS) is 14.7. The number of nitrogens with zero attached hydrogens (tertiary/aromatic N) is 3. The number of carbonyl (C=O) groups excluding carboxylic acids is 1. The van der Waals surface area contributed by atoms with Crippen LogP contribution in [0.25, 0.3) is 6.08 Å². The molecule has 0 radical (unpaired) electrons. The molecular weight excluding hydrogens is 314 g/mol. The van der Waals surface area contributed by atoms with Crippen molar-refractivity contribution < 1.29 is 9.53 Å². The van der Waals surface area contributed by atoms with Gasteiger partial charge in [0, 0.05) is 38.1 Å². The second kappa shape index (κ2) is 8.44. The third-order valence-electron chi connectivity index (χ3n) is 4.19. The molecule has 0 saturated carbocycles. The predicted molar refractivity (Wildman–Crippen MR) is 99.2 cm³/mol. The number of likely N-dealkylation sites (N-methyl/N-ethyl adjacent to an activating group) is 1. The fraction of sp³-hybridized carbons (Fsp3) is 0.300. The number of carbonyl (C=O) groups is 1. The van der Waals surface area contributed by atoms with Crippen LogP contribution in [-0.2, 0) is 16.1 Å². The van der Waals surface area contributed by atoms with Gasteiger partial charge >= 0.3 is 0 Å². The molecule has 1 amide bonds. The number of benzene rings is 1. The van der Waals surface area contributed by atoms with Gasteiger partial charge in [0.1, 0.15) is 0 Å². The molecule has 2 heterocycles. The average molecular weight is 337 g/mol. The van der Waals surface area contributed by atoms with E-state index < -0.39 is 0 Å². The van der Waals surface area contributed by atoms with E-state index in [0.717, 1.165) is 37.6 Å². The van der Waals surface area contributed by atoms with Crippen LogP contribution in [0.15, 0.2) is 54.7 Å². The summed E-state index contributed by atoms with van der Waals surface area (Å²) in [6, 6.07) is 14.0. The zero-order valence-corrected chi connectivity index (χ0v) is 14.5.